The Morgan fingerprint density at radius 1 is 1.38 bits per heavy atom. The minimum Gasteiger partial charge on any atom is -0.494 e. The van der Waals surface area contributed by atoms with Crippen LogP contribution in [0.4, 0.5) is 4.39 Å². The zero-order chi connectivity index (χ0) is 11.7. The van der Waals surface area contributed by atoms with Gasteiger partial charge in [0.25, 0.3) is 0 Å². The number of rotatable bonds is 2. The van der Waals surface area contributed by atoms with E-state index in [-0.39, 0.29) is 5.75 Å². The molecule has 0 radical (unpaired) electrons. The predicted octanol–water partition coefficient (Wildman–Crippen LogP) is 3.15. The van der Waals surface area contributed by atoms with Crippen molar-refractivity contribution in [1.29, 1.82) is 0 Å². The predicted molar refractivity (Wildman–Crippen MR) is 62.8 cm³/mol. The molecule has 3 nitrogen and oxygen atoms in total. The lowest BCUT2D eigenvalue weighted by Gasteiger charge is -2.06. The van der Waals surface area contributed by atoms with Crippen molar-refractivity contribution in [2.75, 3.05) is 13.4 Å². The highest BCUT2D eigenvalue weighted by Gasteiger charge is 2.10. The largest absolute Gasteiger partial charge is 0.494 e. The van der Waals surface area contributed by atoms with E-state index in [9.17, 15) is 4.39 Å². The Labute approximate surface area is 101 Å². The summed E-state index contributed by atoms with van der Waals surface area (Å²) in [7, 11) is 1.40. The minimum absolute atomic E-state index is 0.134. The molecule has 2 rings (SSSR count). The Hall–Kier alpha value is -1.07. The van der Waals surface area contributed by atoms with Gasteiger partial charge in [-0.3, -0.25) is 0 Å². The summed E-state index contributed by atoms with van der Waals surface area (Å²) in [5.41, 5.74) is 0.475. The summed E-state index contributed by atoms with van der Waals surface area (Å²) in [5.74, 6) is -0.327. The van der Waals surface area contributed by atoms with Gasteiger partial charge in [-0.1, -0.05) is 23.4 Å². The molecule has 1 aromatic carbocycles. The fourth-order valence-electron chi connectivity index (χ4n) is 1.32. The average molecular weight is 259 g/mol. The van der Waals surface area contributed by atoms with E-state index in [0.717, 1.165) is 0 Å². The molecule has 0 atom stereocenters. The molecule has 0 unspecified atom stereocenters. The van der Waals surface area contributed by atoms with Crippen molar-refractivity contribution in [3.8, 4) is 5.75 Å². The van der Waals surface area contributed by atoms with Gasteiger partial charge in [0.1, 0.15) is 5.15 Å². The van der Waals surface area contributed by atoms with Crippen LogP contribution >= 0.6 is 23.4 Å². The SMILES string of the molecule is COc1cc2c(Cl)nc(SC)nc2cc1F. The molecule has 1 aromatic heterocycles. The first-order valence-electron chi connectivity index (χ1n) is 4.40. The van der Waals surface area contributed by atoms with E-state index in [2.05, 4.69) is 9.97 Å². The van der Waals surface area contributed by atoms with Crippen LogP contribution in [0.15, 0.2) is 17.3 Å². The summed E-state index contributed by atoms with van der Waals surface area (Å²) in [4.78, 5) is 8.23. The quantitative estimate of drug-likeness (QED) is 0.471. The molecule has 84 valence electrons. The van der Waals surface area contributed by atoms with Crippen molar-refractivity contribution < 1.29 is 9.13 Å². The number of hydrogen-bond donors (Lipinski definition) is 0. The highest BCUT2D eigenvalue weighted by atomic mass is 35.5. The van der Waals surface area contributed by atoms with Gasteiger partial charge in [0.2, 0.25) is 0 Å². The van der Waals surface area contributed by atoms with E-state index < -0.39 is 5.82 Å². The van der Waals surface area contributed by atoms with Gasteiger partial charge in [0.15, 0.2) is 16.7 Å². The number of thioether (sulfide) groups is 1. The Bertz CT molecular complexity index is 550. The Kier molecular flexibility index (Phi) is 3.16. The van der Waals surface area contributed by atoms with E-state index in [1.807, 2.05) is 6.26 Å². The number of aromatic nitrogens is 2. The van der Waals surface area contributed by atoms with E-state index in [0.29, 0.717) is 21.2 Å². The van der Waals surface area contributed by atoms with Crippen LogP contribution in [0.2, 0.25) is 5.15 Å². The van der Waals surface area contributed by atoms with Crippen LogP contribution in [0, 0.1) is 5.82 Å². The summed E-state index contributed by atoms with van der Waals surface area (Å²) in [5, 5.41) is 1.40. The third-order valence-electron chi connectivity index (χ3n) is 2.08. The van der Waals surface area contributed by atoms with Gasteiger partial charge in [-0.15, -0.1) is 0 Å². The summed E-state index contributed by atoms with van der Waals surface area (Å²) in [6, 6.07) is 2.79. The second-order valence-corrected chi connectivity index (χ2v) is 4.14. The zero-order valence-corrected chi connectivity index (χ0v) is 10.2. The molecule has 0 amide bonds. The Morgan fingerprint density at radius 2 is 2.12 bits per heavy atom. The number of hydrogen-bond acceptors (Lipinski definition) is 4. The summed E-state index contributed by atoms with van der Waals surface area (Å²) < 4.78 is 18.3. The van der Waals surface area contributed by atoms with Crippen LogP contribution in [0.5, 0.6) is 5.75 Å². The average Bonchev–Trinajstić information content (AvgIpc) is 2.28. The fraction of sp³-hybridized carbons (Fsp3) is 0.200. The van der Waals surface area contributed by atoms with Crippen LogP contribution in [-0.2, 0) is 0 Å². The third kappa shape index (κ3) is 1.92. The normalized spacial score (nSPS) is 10.8. The lowest BCUT2D eigenvalue weighted by molar-refractivity contribution is 0.387. The molecule has 0 spiro atoms. The van der Waals surface area contributed by atoms with E-state index in [4.69, 9.17) is 16.3 Å². The molecule has 16 heavy (non-hydrogen) atoms. The molecule has 0 aliphatic carbocycles. The maximum atomic E-state index is 13.5. The lowest BCUT2D eigenvalue weighted by atomic mass is 10.2. The maximum Gasteiger partial charge on any atom is 0.189 e. The van der Waals surface area contributed by atoms with Gasteiger partial charge in [0.05, 0.1) is 12.6 Å². The zero-order valence-electron chi connectivity index (χ0n) is 8.62. The Balaban J connectivity index is 2.75. The minimum atomic E-state index is -0.461. The van der Waals surface area contributed by atoms with Crippen LogP contribution < -0.4 is 4.74 Å². The summed E-state index contributed by atoms with van der Waals surface area (Å²) >= 11 is 7.33. The number of fused-ring (bicyclic) bond motifs is 1. The first-order valence-corrected chi connectivity index (χ1v) is 6.00. The third-order valence-corrected chi connectivity index (χ3v) is 2.92. The fourth-order valence-corrected chi connectivity index (χ4v) is 1.97. The van der Waals surface area contributed by atoms with Crippen LogP contribution in [0.3, 0.4) is 0 Å². The van der Waals surface area contributed by atoms with Gasteiger partial charge < -0.3 is 4.74 Å². The smallest absolute Gasteiger partial charge is 0.189 e. The Morgan fingerprint density at radius 3 is 2.75 bits per heavy atom. The summed E-state index contributed by atoms with van der Waals surface area (Å²) in [6.07, 6.45) is 1.83. The van der Waals surface area contributed by atoms with Crippen molar-refractivity contribution in [1.82, 2.24) is 9.97 Å². The molecule has 0 saturated heterocycles. The molecular formula is C10H8ClFN2OS. The van der Waals surface area contributed by atoms with Crippen LogP contribution in [0.1, 0.15) is 0 Å². The molecule has 0 saturated carbocycles. The van der Waals surface area contributed by atoms with Crippen LogP contribution in [0.25, 0.3) is 10.9 Å². The van der Waals surface area contributed by atoms with Crippen LogP contribution in [-0.4, -0.2) is 23.3 Å². The van der Waals surface area contributed by atoms with Crippen molar-refractivity contribution in [2.24, 2.45) is 0 Å². The molecule has 1 heterocycles. The van der Waals surface area contributed by atoms with Gasteiger partial charge >= 0.3 is 0 Å². The number of ether oxygens (including phenoxy) is 1. The molecule has 6 heteroatoms. The number of methoxy groups -OCH3 is 1. The van der Waals surface area contributed by atoms with Gasteiger partial charge in [-0.05, 0) is 12.3 Å². The second-order valence-electron chi connectivity index (χ2n) is 3.01. The lowest BCUT2D eigenvalue weighted by Crippen LogP contribution is -1.93. The van der Waals surface area contributed by atoms with E-state index >= 15 is 0 Å². The molecule has 0 fully saturated rings. The molecule has 2 aromatic rings. The summed E-state index contributed by atoms with van der Waals surface area (Å²) in [6.45, 7) is 0. The topological polar surface area (TPSA) is 35.0 Å². The number of halogens is 2. The maximum absolute atomic E-state index is 13.5. The second kappa shape index (κ2) is 4.43. The van der Waals surface area contributed by atoms with Gasteiger partial charge in [0, 0.05) is 11.5 Å². The standard InChI is InChI=1S/C10H8ClFN2OS/c1-15-8-3-5-7(4-6(8)12)13-10(16-2)14-9(5)11/h3-4H,1-2H3. The highest BCUT2D eigenvalue weighted by Crippen LogP contribution is 2.29. The van der Waals surface area contributed by atoms with Crippen molar-refractivity contribution >= 4 is 34.3 Å². The molecule has 0 bridgehead atoms. The monoisotopic (exact) mass is 258 g/mol. The number of benzene rings is 1. The first-order chi connectivity index (χ1) is 7.65. The number of nitrogens with zero attached hydrogens (tertiary/aromatic N) is 2. The van der Waals surface area contributed by atoms with E-state index in [1.54, 1.807) is 0 Å². The molecule has 0 aliphatic heterocycles. The van der Waals surface area contributed by atoms with E-state index in [1.165, 1.54) is 31.0 Å². The van der Waals surface area contributed by atoms with Gasteiger partial charge in [-0.2, -0.15) is 0 Å². The molecule has 0 N–H and O–H groups in total. The van der Waals surface area contributed by atoms with Crippen molar-refractivity contribution in [3.05, 3.63) is 23.1 Å². The molecule has 0 aliphatic rings. The van der Waals surface area contributed by atoms with Gasteiger partial charge in [-0.25, -0.2) is 14.4 Å². The highest BCUT2D eigenvalue weighted by molar-refractivity contribution is 7.98. The first kappa shape index (κ1) is 11.4. The van der Waals surface area contributed by atoms with Crippen molar-refractivity contribution in [3.63, 3.8) is 0 Å². The van der Waals surface area contributed by atoms with Crippen molar-refractivity contribution in [2.45, 2.75) is 5.16 Å². The molecular weight excluding hydrogens is 251 g/mol.